The molecule has 1 aromatic rings. The minimum absolute atomic E-state index is 0. The van der Waals surface area contributed by atoms with E-state index in [9.17, 15) is 18.5 Å². The number of rotatable bonds is 13. The predicted octanol–water partition coefficient (Wildman–Crippen LogP) is 1.86. The van der Waals surface area contributed by atoms with Crippen LogP contribution in [-0.4, -0.2) is 58.7 Å². The molecule has 0 spiro atoms. The highest BCUT2D eigenvalue weighted by molar-refractivity contribution is 14.0. The number of guanidine groups is 1. The molecule has 29 heavy (non-hydrogen) atoms. The first kappa shape index (κ1) is 27.5. The first-order chi connectivity index (χ1) is 13.4. The molecular weight excluding hydrogens is 513 g/mol. The Labute approximate surface area is 189 Å². The number of unbranched alkanes of at least 4 members (excludes halogenated alkanes) is 1. The summed E-state index contributed by atoms with van der Waals surface area (Å²) in [7, 11) is -3.82. The summed E-state index contributed by atoms with van der Waals surface area (Å²) in [6, 6.07) is 4.93. The van der Waals surface area contributed by atoms with Crippen LogP contribution in [0.15, 0.2) is 34.2 Å². The van der Waals surface area contributed by atoms with E-state index in [1.165, 1.54) is 18.2 Å². The van der Waals surface area contributed by atoms with Crippen molar-refractivity contribution in [3.63, 3.8) is 0 Å². The van der Waals surface area contributed by atoms with Crippen molar-refractivity contribution in [2.75, 3.05) is 39.4 Å². The first-order valence-corrected chi connectivity index (χ1v) is 10.7. The van der Waals surface area contributed by atoms with Crippen molar-refractivity contribution >= 4 is 45.6 Å². The molecule has 0 amide bonds. The lowest BCUT2D eigenvalue weighted by atomic mass is 10.3. The fourth-order valence-electron chi connectivity index (χ4n) is 2.21. The molecule has 1 aromatic carbocycles. The summed E-state index contributed by atoms with van der Waals surface area (Å²) in [5.41, 5.74) is -0.271. The van der Waals surface area contributed by atoms with Gasteiger partial charge in [0.1, 0.15) is 0 Å². The molecular formula is C17H30IN5O5S. The van der Waals surface area contributed by atoms with E-state index in [0.29, 0.717) is 32.2 Å². The van der Waals surface area contributed by atoms with Crippen LogP contribution in [0.25, 0.3) is 0 Å². The van der Waals surface area contributed by atoms with E-state index in [1.807, 2.05) is 13.8 Å². The van der Waals surface area contributed by atoms with Crippen molar-refractivity contribution in [2.24, 2.45) is 4.99 Å². The van der Waals surface area contributed by atoms with Gasteiger partial charge in [-0.1, -0.05) is 6.07 Å². The molecule has 0 atom stereocenters. The summed E-state index contributed by atoms with van der Waals surface area (Å²) < 4.78 is 32.2. The molecule has 0 unspecified atom stereocenters. The van der Waals surface area contributed by atoms with Crippen molar-refractivity contribution in [1.29, 1.82) is 0 Å². The molecule has 0 aliphatic rings. The second-order valence-electron chi connectivity index (χ2n) is 5.74. The highest BCUT2D eigenvalue weighted by Crippen LogP contribution is 2.16. The van der Waals surface area contributed by atoms with E-state index in [0.717, 1.165) is 25.5 Å². The third-order valence-corrected chi connectivity index (χ3v) is 5.02. The summed E-state index contributed by atoms with van der Waals surface area (Å²) in [6.07, 6.45) is 1.83. The van der Waals surface area contributed by atoms with Crippen molar-refractivity contribution in [2.45, 2.75) is 31.6 Å². The maximum absolute atomic E-state index is 12.3. The van der Waals surface area contributed by atoms with Crippen LogP contribution in [-0.2, 0) is 14.8 Å². The lowest BCUT2D eigenvalue weighted by molar-refractivity contribution is -0.385. The number of sulfonamides is 1. The van der Waals surface area contributed by atoms with E-state index >= 15 is 0 Å². The van der Waals surface area contributed by atoms with Gasteiger partial charge in [0.2, 0.25) is 10.0 Å². The quantitative estimate of drug-likeness (QED) is 0.0864. The summed E-state index contributed by atoms with van der Waals surface area (Å²) in [6.45, 7) is 7.08. The van der Waals surface area contributed by atoms with Gasteiger partial charge in [-0.15, -0.1) is 24.0 Å². The lowest BCUT2D eigenvalue weighted by Gasteiger charge is -2.12. The first-order valence-electron chi connectivity index (χ1n) is 9.24. The van der Waals surface area contributed by atoms with Crippen molar-refractivity contribution in [3.8, 4) is 0 Å². The number of halogens is 1. The Morgan fingerprint density at radius 1 is 1.21 bits per heavy atom. The number of non-ortho nitro benzene ring substituents is 1. The molecule has 0 aliphatic carbocycles. The van der Waals surface area contributed by atoms with Crippen LogP contribution in [0.4, 0.5) is 5.69 Å². The Morgan fingerprint density at radius 3 is 2.62 bits per heavy atom. The maximum Gasteiger partial charge on any atom is 0.270 e. The number of ether oxygens (including phenoxy) is 1. The fourth-order valence-corrected chi connectivity index (χ4v) is 3.28. The second-order valence-corrected chi connectivity index (χ2v) is 7.51. The third-order valence-electron chi connectivity index (χ3n) is 3.56. The van der Waals surface area contributed by atoms with Crippen LogP contribution < -0.4 is 15.4 Å². The Bertz CT molecular complexity index is 745. The van der Waals surface area contributed by atoms with Crippen LogP contribution >= 0.6 is 24.0 Å². The summed E-state index contributed by atoms with van der Waals surface area (Å²) in [5.74, 6) is 0.605. The highest BCUT2D eigenvalue weighted by atomic mass is 127. The smallest absolute Gasteiger partial charge is 0.270 e. The van der Waals surface area contributed by atoms with Gasteiger partial charge in [0.25, 0.3) is 5.69 Å². The average Bonchev–Trinajstić information content (AvgIpc) is 2.67. The number of aliphatic imine (C=N–C) groups is 1. The predicted molar refractivity (Wildman–Crippen MR) is 123 cm³/mol. The molecule has 0 fully saturated rings. The normalized spacial score (nSPS) is 11.6. The monoisotopic (exact) mass is 543 g/mol. The zero-order valence-electron chi connectivity index (χ0n) is 16.7. The fraction of sp³-hybridized carbons (Fsp3) is 0.588. The highest BCUT2D eigenvalue weighted by Gasteiger charge is 2.16. The molecule has 0 heterocycles. The molecule has 12 heteroatoms. The van der Waals surface area contributed by atoms with Crippen LogP contribution in [0.5, 0.6) is 0 Å². The van der Waals surface area contributed by atoms with E-state index in [-0.39, 0.29) is 41.1 Å². The zero-order valence-corrected chi connectivity index (χ0v) is 19.9. The minimum atomic E-state index is -3.82. The van der Waals surface area contributed by atoms with Crippen LogP contribution in [0.2, 0.25) is 0 Å². The largest absolute Gasteiger partial charge is 0.382 e. The number of hydrogen-bond acceptors (Lipinski definition) is 6. The molecule has 0 radical (unpaired) electrons. The van der Waals surface area contributed by atoms with Crippen molar-refractivity contribution in [3.05, 3.63) is 34.4 Å². The summed E-state index contributed by atoms with van der Waals surface area (Å²) in [5, 5.41) is 16.9. The molecule has 0 bridgehead atoms. The van der Waals surface area contributed by atoms with Gasteiger partial charge < -0.3 is 15.4 Å². The van der Waals surface area contributed by atoms with Gasteiger partial charge in [0.15, 0.2) is 5.96 Å². The van der Waals surface area contributed by atoms with Crippen molar-refractivity contribution in [1.82, 2.24) is 15.4 Å². The van der Waals surface area contributed by atoms with Crippen molar-refractivity contribution < 1.29 is 18.1 Å². The van der Waals surface area contributed by atoms with E-state index in [4.69, 9.17) is 4.74 Å². The van der Waals surface area contributed by atoms with Gasteiger partial charge in [-0.2, -0.15) is 0 Å². The number of benzene rings is 1. The molecule has 0 aliphatic heterocycles. The van der Waals surface area contributed by atoms with Gasteiger partial charge in [0, 0.05) is 51.5 Å². The average molecular weight is 543 g/mol. The second kappa shape index (κ2) is 15.3. The molecule has 3 N–H and O–H groups in total. The van der Waals surface area contributed by atoms with E-state index in [1.54, 1.807) is 0 Å². The molecule has 0 saturated heterocycles. The van der Waals surface area contributed by atoms with Gasteiger partial charge >= 0.3 is 0 Å². The minimum Gasteiger partial charge on any atom is -0.382 e. The zero-order chi connectivity index (χ0) is 20.8. The van der Waals surface area contributed by atoms with E-state index in [2.05, 4.69) is 20.3 Å². The summed E-state index contributed by atoms with van der Waals surface area (Å²) >= 11 is 0. The number of nitrogens with one attached hydrogen (secondary N) is 3. The SMILES string of the molecule is CCNC(=NCCCCOCC)NCCNS(=O)(=O)c1cccc([N+](=O)[O-])c1.I. The van der Waals surface area contributed by atoms with Crippen LogP contribution in [0, 0.1) is 10.1 Å². The Balaban J connectivity index is 0.00000784. The number of nitro benzene ring substituents is 1. The van der Waals surface area contributed by atoms with Crippen LogP contribution in [0.3, 0.4) is 0 Å². The van der Waals surface area contributed by atoms with E-state index < -0.39 is 14.9 Å². The summed E-state index contributed by atoms with van der Waals surface area (Å²) in [4.78, 5) is 14.4. The molecule has 0 saturated carbocycles. The molecule has 10 nitrogen and oxygen atoms in total. The Kier molecular flexibility index (Phi) is 14.5. The van der Waals surface area contributed by atoms with Gasteiger partial charge in [0.05, 0.1) is 9.82 Å². The van der Waals surface area contributed by atoms with Crippen LogP contribution in [0.1, 0.15) is 26.7 Å². The molecule has 0 aromatic heterocycles. The molecule has 166 valence electrons. The number of nitrogens with zero attached hydrogens (tertiary/aromatic N) is 2. The van der Waals surface area contributed by atoms with Gasteiger partial charge in [-0.25, -0.2) is 13.1 Å². The Morgan fingerprint density at radius 2 is 1.97 bits per heavy atom. The topological polar surface area (TPSA) is 135 Å². The number of nitro groups is 1. The van der Waals surface area contributed by atoms with Gasteiger partial charge in [-0.3, -0.25) is 15.1 Å². The lowest BCUT2D eigenvalue weighted by Crippen LogP contribution is -2.41. The maximum atomic E-state index is 12.3. The standard InChI is InChI=1S/C17H29N5O5S.HI/c1-3-18-17(19-10-5-6-13-27-4-2)20-11-12-21-28(25,26)16-9-7-8-15(14-16)22(23)24;/h7-9,14,21H,3-6,10-13H2,1-2H3,(H2,18,19,20);1H. The van der Waals surface area contributed by atoms with Gasteiger partial charge in [-0.05, 0) is 32.8 Å². The molecule has 1 rings (SSSR count). The number of hydrogen-bond donors (Lipinski definition) is 3. The third kappa shape index (κ3) is 11.3. The Hall–Kier alpha value is -1.51.